The average Bonchev–Trinajstić information content (AvgIpc) is 3.05. The first-order valence-electron chi connectivity index (χ1n) is 15.2. The predicted octanol–water partition coefficient (Wildman–Crippen LogP) is 8.86. The molecule has 0 amide bonds. The van der Waals surface area contributed by atoms with Crippen molar-refractivity contribution in [3.63, 3.8) is 0 Å². The number of benzene rings is 4. The van der Waals surface area contributed by atoms with Crippen LogP contribution in [0, 0.1) is 13.8 Å². The zero-order valence-corrected chi connectivity index (χ0v) is 25.3. The van der Waals surface area contributed by atoms with Crippen LogP contribution in [0.1, 0.15) is 35.4 Å². The summed E-state index contributed by atoms with van der Waals surface area (Å²) in [6.45, 7) is 6.87. The molecule has 0 bridgehead atoms. The molecule has 2 N–H and O–H groups in total. The first-order chi connectivity index (χ1) is 21.6. The molecule has 0 saturated heterocycles. The molecule has 0 fully saturated rings. The van der Waals surface area contributed by atoms with Crippen LogP contribution >= 0.6 is 0 Å². The summed E-state index contributed by atoms with van der Waals surface area (Å²) in [5.74, 6) is 1.68. The minimum Gasteiger partial charge on any atom is -0.489 e. The van der Waals surface area contributed by atoms with E-state index in [4.69, 9.17) is 19.4 Å². The maximum absolute atomic E-state index is 6.09. The fourth-order valence-electron chi connectivity index (χ4n) is 5.32. The molecular weight excluding hydrogens is 544 g/mol. The Kier molecular flexibility index (Phi) is 9.17. The molecule has 4 aromatic carbocycles. The molecule has 6 heteroatoms. The molecule has 6 rings (SSSR count). The predicted molar refractivity (Wildman–Crippen MR) is 181 cm³/mol. The van der Waals surface area contributed by atoms with Crippen molar-refractivity contribution >= 4 is 33.2 Å². The standard InChI is InChI=1S/C38H38N4O2/c1-27-21-37(33-23-31(15-17-35(33)41-27)43-25-29-11-5-3-6-12-29)39-19-9-10-20-40-38-22-28(2)42-36-18-16-32(24-34(36)38)44-26-30-13-7-4-8-14-30/h3-8,11-18,21-24H,9-10,19-20,25-26H2,1-2H3,(H,39,41)(H,40,42). The number of aromatic nitrogens is 2. The summed E-state index contributed by atoms with van der Waals surface area (Å²) in [7, 11) is 0. The van der Waals surface area contributed by atoms with Crippen LogP contribution < -0.4 is 20.1 Å². The molecule has 44 heavy (non-hydrogen) atoms. The molecule has 0 aliphatic carbocycles. The zero-order valence-electron chi connectivity index (χ0n) is 25.3. The maximum atomic E-state index is 6.09. The number of anilines is 2. The minimum absolute atomic E-state index is 0.537. The van der Waals surface area contributed by atoms with Gasteiger partial charge in [-0.3, -0.25) is 9.97 Å². The Morgan fingerprint density at radius 1 is 0.523 bits per heavy atom. The Hall–Kier alpha value is -5.10. The number of pyridine rings is 2. The van der Waals surface area contributed by atoms with E-state index in [2.05, 4.69) is 59.2 Å². The van der Waals surface area contributed by atoms with Gasteiger partial charge in [-0.05, 0) is 86.3 Å². The lowest BCUT2D eigenvalue weighted by Gasteiger charge is -2.14. The topological polar surface area (TPSA) is 68.3 Å². The summed E-state index contributed by atoms with van der Waals surface area (Å²) >= 11 is 0. The largest absolute Gasteiger partial charge is 0.489 e. The molecule has 0 radical (unpaired) electrons. The Bertz CT molecular complexity index is 1700. The van der Waals surface area contributed by atoms with Crippen LogP contribution in [0.4, 0.5) is 11.4 Å². The van der Waals surface area contributed by atoms with E-state index in [9.17, 15) is 0 Å². The quantitative estimate of drug-likeness (QED) is 0.133. The summed E-state index contributed by atoms with van der Waals surface area (Å²) < 4.78 is 12.2. The maximum Gasteiger partial charge on any atom is 0.120 e. The second kappa shape index (κ2) is 13.9. The van der Waals surface area contributed by atoms with Gasteiger partial charge in [-0.2, -0.15) is 0 Å². The molecule has 0 unspecified atom stereocenters. The highest BCUT2D eigenvalue weighted by atomic mass is 16.5. The SMILES string of the molecule is Cc1cc(NCCCCNc2cc(C)nc3ccc(OCc4ccccc4)cc23)c2cc(OCc3ccccc3)ccc2n1. The van der Waals surface area contributed by atoms with Gasteiger partial charge in [-0.25, -0.2) is 0 Å². The molecule has 0 aliphatic rings. The van der Waals surface area contributed by atoms with Gasteiger partial charge in [0.1, 0.15) is 24.7 Å². The summed E-state index contributed by atoms with van der Waals surface area (Å²) in [6.07, 6.45) is 2.04. The van der Waals surface area contributed by atoms with E-state index >= 15 is 0 Å². The van der Waals surface area contributed by atoms with Crippen LogP contribution in [0.25, 0.3) is 21.8 Å². The lowest BCUT2D eigenvalue weighted by Crippen LogP contribution is -2.08. The molecule has 6 aromatic rings. The van der Waals surface area contributed by atoms with Gasteiger partial charge in [-0.15, -0.1) is 0 Å². The van der Waals surface area contributed by atoms with E-state index in [1.54, 1.807) is 0 Å². The summed E-state index contributed by atoms with van der Waals surface area (Å²) in [5, 5.41) is 9.45. The third kappa shape index (κ3) is 7.45. The second-order valence-corrected chi connectivity index (χ2v) is 11.1. The van der Waals surface area contributed by atoms with Gasteiger partial charge in [0.2, 0.25) is 0 Å². The van der Waals surface area contributed by atoms with Crippen LogP contribution in [0.2, 0.25) is 0 Å². The highest BCUT2D eigenvalue weighted by Crippen LogP contribution is 2.29. The lowest BCUT2D eigenvalue weighted by molar-refractivity contribution is 0.306. The van der Waals surface area contributed by atoms with Crippen molar-refractivity contribution < 1.29 is 9.47 Å². The molecule has 2 heterocycles. The van der Waals surface area contributed by atoms with Crippen molar-refractivity contribution in [1.82, 2.24) is 9.97 Å². The van der Waals surface area contributed by atoms with Crippen molar-refractivity contribution in [1.29, 1.82) is 0 Å². The molecule has 6 nitrogen and oxygen atoms in total. The van der Waals surface area contributed by atoms with Crippen molar-refractivity contribution in [2.75, 3.05) is 23.7 Å². The van der Waals surface area contributed by atoms with Crippen molar-refractivity contribution in [2.24, 2.45) is 0 Å². The Balaban J connectivity index is 1.04. The molecular formula is C38H38N4O2. The third-order valence-electron chi connectivity index (χ3n) is 7.55. The molecule has 0 spiro atoms. The number of aryl methyl sites for hydroxylation is 2. The first-order valence-corrected chi connectivity index (χ1v) is 15.2. The highest BCUT2D eigenvalue weighted by molar-refractivity contribution is 5.93. The van der Waals surface area contributed by atoms with Gasteiger partial charge in [0.25, 0.3) is 0 Å². The number of rotatable bonds is 13. The Morgan fingerprint density at radius 2 is 0.955 bits per heavy atom. The fourth-order valence-corrected chi connectivity index (χ4v) is 5.32. The summed E-state index contributed by atoms with van der Waals surface area (Å²) in [6, 6.07) is 36.9. The van der Waals surface area contributed by atoms with Gasteiger partial charge in [0, 0.05) is 46.6 Å². The number of unbranched alkanes of at least 4 members (excludes halogenated alkanes) is 1. The minimum atomic E-state index is 0.537. The molecule has 0 atom stereocenters. The van der Waals surface area contributed by atoms with E-state index < -0.39 is 0 Å². The van der Waals surface area contributed by atoms with Gasteiger partial charge in [0.15, 0.2) is 0 Å². The van der Waals surface area contributed by atoms with Crippen LogP contribution in [0.3, 0.4) is 0 Å². The molecule has 0 aliphatic heterocycles. The number of hydrogen-bond donors (Lipinski definition) is 2. The monoisotopic (exact) mass is 582 g/mol. The van der Waals surface area contributed by atoms with Crippen LogP contribution in [0.15, 0.2) is 109 Å². The molecule has 2 aromatic heterocycles. The molecule has 0 saturated carbocycles. The zero-order chi connectivity index (χ0) is 30.1. The number of nitrogens with zero attached hydrogens (tertiary/aromatic N) is 2. The third-order valence-corrected chi connectivity index (χ3v) is 7.55. The number of fused-ring (bicyclic) bond motifs is 2. The summed E-state index contributed by atoms with van der Waals surface area (Å²) in [5.41, 5.74) is 8.38. The average molecular weight is 583 g/mol. The van der Waals surface area contributed by atoms with Crippen LogP contribution in [0.5, 0.6) is 11.5 Å². The van der Waals surface area contributed by atoms with Crippen molar-refractivity contribution in [2.45, 2.75) is 39.9 Å². The second-order valence-electron chi connectivity index (χ2n) is 11.1. The van der Waals surface area contributed by atoms with Gasteiger partial charge >= 0.3 is 0 Å². The van der Waals surface area contributed by atoms with Gasteiger partial charge in [0.05, 0.1) is 11.0 Å². The molecule has 222 valence electrons. The normalized spacial score (nSPS) is 11.0. The summed E-state index contributed by atoms with van der Waals surface area (Å²) in [4.78, 5) is 9.46. The number of hydrogen-bond acceptors (Lipinski definition) is 6. The van der Waals surface area contributed by atoms with E-state index in [-0.39, 0.29) is 0 Å². The smallest absolute Gasteiger partial charge is 0.120 e. The highest BCUT2D eigenvalue weighted by Gasteiger charge is 2.08. The Labute approximate surface area is 259 Å². The lowest BCUT2D eigenvalue weighted by atomic mass is 10.1. The number of nitrogens with one attached hydrogen (secondary N) is 2. The first kappa shape index (κ1) is 29.0. The van der Waals surface area contributed by atoms with Gasteiger partial charge in [-0.1, -0.05) is 60.7 Å². The van der Waals surface area contributed by atoms with Crippen molar-refractivity contribution in [3.8, 4) is 11.5 Å². The van der Waals surface area contributed by atoms with E-state index in [1.807, 2.05) is 74.5 Å². The van der Waals surface area contributed by atoms with E-state index in [1.165, 1.54) is 0 Å². The fraction of sp³-hybridized carbons (Fsp3) is 0.211. The number of ether oxygens (including phenoxy) is 2. The van der Waals surface area contributed by atoms with E-state index in [0.717, 1.165) is 93.1 Å². The van der Waals surface area contributed by atoms with Crippen LogP contribution in [-0.4, -0.2) is 23.1 Å². The van der Waals surface area contributed by atoms with Crippen LogP contribution in [-0.2, 0) is 13.2 Å². The van der Waals surface area contributed by atoms with E-state index in [0.29, 0.717) is 13.2 Å². The van der Waals surface area contributed by atoms with Crippen molar-refractivity contribution in [3.05, 3.63) is 132 Å². The Morgan fingerprint density at radius 3 is 1.39 bits per heavy atom. The van der Waals surface area contributed by atoms with Gasteiger partial charge < -0.3 is 20.1 Å².